The van der Waals surface area contributed by atoms with Gasteiger partial charge in [-0.1, -0.05) is 0 Å². The van der Waals surface area contributed by atoms with Gasteiger partial charge in [0.2, 0.25) is 0 Å². The number of hydrogen-bond donors (Lipinski definition) is 2. The second-order valence-corrected chi connectivity index (χ2v) is 7.10. The van der Waals surface area contributed by atoms with Crippen molar-refractivity contribution in [2.45, 2.75) is 44.6 Å². The van der Waals surface area contributed by atoms with Crippen LogP contribution >= 0.6 is 12.2 Å². The first kappa shape index (κ1) is 9.69. The molecular weight excluding hydrogens is 216 g/mol. The Morgan fingerprint density at radius 3 is 2.00 bits per heavy atom. The van der Waals surface area contributed by atoms with Gasteiger partial charge in [0.05, 0.1) is 6.04 Å². The van der Waals surface area contributed by atoms with Crippen LogP contribution in [0.25, 0.3) is 0 Å². The molecule has 0 spiro atoms. The van der Waals surface area contributed by atoms with E-state index in [1.165, 1.54) is 38.5 Å². The van der Waals surface area contributed by atoms with Crippen LogP contribution in [0.1, 0.15) is 38.5 Å². The van der Waals surface area contributed by atoms with Crippen LogP contribution in [0.15, 0.2) is 0 Å². The van der Waals surface area contributed by atoms with E-state index < -0.39 is 0 Å². The lowest BCUT2D eigenvalue weighted by Crippen LogP contribution is -2.55. The number of rotatable bonds is 1. The highest BCUT2D eigenvalue weighted by molar-refractivity contribution is 7.80. The molecule has 1 saturated heterocycles. The predicted molar refractivity (Wildman–Crippen MR) is 68.1 cm³/mol. The lowest BCUT2D eigenvalue weighted by Gasteiger charge is -2.58. The Balaban J connectivity index is 1.64. The third-order valence-electron chi connectivity index (χ3n) is 5.60. The Bertz CT molecular complexity index is 304. The molecule has 0 aromatic carbocycles. The molecule has 0 amide bonds. The van der Waals surface area contributed by atoms with Crippen molar-refractivity contribution in [1.29, 1.82) is 0 Å². The van der Waals surface area contributed by atoms with E-state index in [0.29, 0.717) is 11.5 Å². The molecule has 0 unspecified atom stereocenters. The molecule has 16 heavy (non-hydrogen) atoms. The van der Waals surface area contributed by atoms with Crippen molar-refractivity contribution < 1.29 is 0 Å². The number of hydrogen-bond acceptors (Lipinski definition) is 1. The minimum atomic E-state index is 0.600. The molecule has 5 rings (SSSR count). The Morgan fingerprint density at radius 2 is 1.56 bits per heavy atom. The standard InChI is InChI=1S/C13H20N2S/c16-12-14-7-11(15-12)13-4-8-1-9(5-13)3-10(2-8)6-13/h8-11H,1-7H2,(H2,14,15,16)/t8?,9?,10?,11-,13?/m1/s1. The minimum Gasteiger partial charge on any atom is -0.361 e. The molecule has 0 radical (unpaired) electrons. The SMILES string of the molecule is S=C1NC[C@H](C23CC4CC(CC(C4)C2)C3)N1. The highest BCUT2D eigenvalue weighted by Gasteiger charge is 2.54. The number of thiocarbonyl (C=S) groups is 1. The monoisotopic (exact) mass is 236 g/mol. The van der Waals surface area contributed by atoms with Crippen molar-refractivity contribution >= 4 is 17.3 Å². The van der Waals surface area contributed by atoms with Crippen molar-refractivity contribution in [3.05, 3.63) is 0 Å². The maximum Gasteiger partial charge on any atom is 0.166 e. The van der Waals surface area contributed by atoms with Crippen LogP contribution in [0.5, 0.6) is 0 Å². The molecule has 1 heterocycles. The molecule has 1 aliphatic heterocycles. The van der Waals surface area contributed by atoms with Crippen LogP contribution in [0.2, 0.25) is 0 Å². The summed E-state index contributed by atoms with van der Waals surface area (Å²) < 4.78 is 0. The third kappa shape index (κ3) is 1.27. The Kier molecular flexibility index (Phi) is 1.89. The fourth-order valence-electron chi connectivity index (χ4n) is 5.43. The summed E-state index contributed by atoms with van der Waals surface area (Å²) in [7, 11) is 0. The Morgan fingerprint density at radius 1 is 1.00 bits per heavy atom. The van der Waals surface area contributed by atoms with E-state index in [-0.39, 0.29) is 0 Å². The van der Waals surface area contributed by atoms with Crippen molar-refractivity contribution in [3.8, 4) is 0 Å². The summed E-state index contributed by atoms with van der Waals surface area (Å²) in [5.74, 6) is 3.13. The summed E-state index contributed by atoms with van der Waals surface area (Å²) in [6.45, 7) is 1.07. The molecule has 2 N–H and O–H groups in total. The summed E-state index contributed by atoms with van der Waals surface area (Å²) >= 11 is 5.23. The molecule has 2 nitrogen and oxygen atoms in total. The van der Waals surface area contributed by atoms with Crippen LogP contribution in [-0.4, -0.2) is 17.7 Å². The van der Waals surface area contributed by atoms with E-state index in [9.17, 15) is 0 Å². The van der Waals surface area contributed by atoms with Gasteiger partial charge in [-0.2, -0.15) is 0 Å². The molecule has 0 aromatic heterocycles. The van der Waals surface area contributed by atoms with Crippen molar-refractivity contribution in [2.75, 3.05) is 6.54 Å². The summed E-state index contributed by atoms with van der Waals surface area (Å²) in [6, 6.07) is 0.633. The minimum absolute atomic E-state index is 0.600. The quantitative estimate of drug-likeness (QED) is 0.681. The molecule has 1 atom stereocenters. The molecule has 5 aliphatic rings. The van der Waals surface area contributed by atoms with Crippen molar-refractivity contribution in [2.24, 2.45) is 23.2 Å². The third-order valence-corrected chi connectivity index (χ3v) is 5.86. The van der Waals surface area contributed by atoms with E-state index in [1.54, 1.807) is 0 Å². The highest BCUT2D eigenvalue weighted by atomic mass is 32.1. The molecule has 4 bridgehead atoms. The molecule has 5 fully saturated rings. The molecular formula is C13H20N2S. The van der Waals surface area contributed by atoms with Gasteiger partial charge >= 0.3 is 0 Å². The van der Waals surface area contributed by atoms with E-state index in [1.807, 2.05) is 0 Å². The van der Waals surface area contributed by atoms with Gasteiger partial charge in [0.25, 0.3) is 0 Å². The smallest absolute Gasteiger partial charge is 0.166 e. The van der Waals surface area contributed by atoms with Crippen LogP contribution in [0.4, 0.5) is 0 Å². The average Bonchev–Trinajstić information content (AvgIpc) is 2.63. The van der Waals surface area contributed by atoms with Crippen molar-refractivity contribution in [1.82, 2.24) is 10.6 Å². The zero-order valence-electron chi connectivity index (χ0n) is 9.67. The van der Waals surface area contributed by atoms with Crippen LogP contribution in [0, 0.1) is 23.2 Å². The van der Waals surface area contributed by atoms with Crippen molar-refractivity contribution in [3.63, 3.8) is 0 Å². The maximum absolute atomic E-state index is 5.23. The van der Waals surface area contributed by atoms with Crippen LogP contribution in [0.3, 0.4) is 0 Å². The lowest BCUT2D eigenvalue weighted by atomic mass is 9.48. The largest absolute Gasteiger partial charge is 0.361 e. The van der Waals surface area contributed by atoms with Gasteiger partial charge in [0, 0.05) is 6.54 Å². The first-order valence-electron chi connectivity index (χ1n) is 6.78. The Hall–Kier alpha value is -0.310. The summed E-state index contributed by atoms with van der Waals surface area (Å²) in [4.78, 5) is 0. The molecule has 88 valence electrons. The van der Waals surface area contributed by atoms with Crippen LogP contribution in [-0.2, 0) is 0 Å². The fourth-order valence-corrected chi connectivity index (χ4v) is 5.65. The van der Waals surface area contributed by atoms with Gasteiger partial charge in [-0.25, -0.2) is 0 Å². The number of nitrogens with one attached hydrogen (secondary N) is 2. The van der Waals surface area contributed by atoms with Gasteiger partial charge in [0.15, 0.2) is 5.11 Å². The van der Waals surface area contributed by atoms with Gasteiger partial charge in [-0.3, -0.25) is 0 Å². The summed E-state index contributed by atoms with van der Waals surface area (Å²) in [5.41, 5.74) is 0.600. The summed E-state index contributed by atoms with van der Waals surface area (Å²) in [6.07, 6.45) is 9.01. The van der Waals surface area contributed by atoms with E-state index >= 15 is 0 Å². The Labute approximate surface area is 103 Å². The van der Waals surface area contributed by atoms with Gasteiger partial charge in [-0.05, 0) is 73.9 Å². The molecule has 3 heteroatoms. The van der Waals surface area contributed by atoms with Crippen LogP contribution < -0.4 is 10.6 Å². The zero-order valence-corrected chi connectivity index (χ0v) is 10.5. The lowest BCUT2D eigenvalue weighted by molar-refractivity contribution is -0.0671. The van der Waals surface area contributed by atoms with Gasteiger partial charge < -0.3 is 10.6 Å². The van der Waals surface area contributed by atoms with Gasteiger partial charge in [0.1, 0.15) is 0 Å². The molecule has 4 aliphatic carbocycles. The first-order chi connectivity index (χ1) is 7.73. The summed E-state index contributed by atoms with van der Waals surface area (Å²) in [5, 5.41) is 7.74. The van der Waals surface area contributed by atoms with E-state index in [4.69, 9.17) is 12.2 Å². The topological polar surface area (TPSA) is 24.1 Å². The molecule has 0 aromatic rings. The average molecular weight is 236 g/mol. The fraction of sp³-hybridized carbons (Fsp3) is 0.923. The van der Waals surface area contributed by atoms with E-state index in [2.05, 4.69) is 10.6 Å². The molecule has 4 saturated carbocycles. The first-order valence-corrected chi connectivity index (χ1v) is 7.19. The highest BCUT2D eigenvalue weighted by Crippen LogP contribution is 2.61. The van der Waals surface area contributed by atoms with Gasteiger partial charge in [-0.15, -0.1) is 0 Å². The zero-order chi connectivity index (χ0) is 10.8. The van der Waals surface area contributed by atoms with E-state index in [0.717, 1.165) is 29.4 Å². The predicted octanol–water partition coefficient (Wildman–Crippen LogP) is 2.05. The second kappa shape index (κ2) is 3.12. The second-order valence-electron chi connectivity index (χ2n) is 6.69. The maximum atomic E-state index is 5.23. The normalized spacial score (nSPS) is 53.9.